The molecule has 5 heteroatoms. The van der Waals surface area contributed by atoms with E-state index in [1.54, 1.807) is 19.0 Å². The standard InChI is InChI=1S/C18H27ClN2OS/c1-21(2)18(22)16-7-6-15(13-17(16)19)23-12-4-3-5-14-8-10-20-11-9-14/h6-7,13-14,20H,3-5,8-12H2,1-2H3. The number of halogens is 1. The molecule has 0 radical (unpaired) electrons. The van der Waals surface area contributed by atoms with Crippen LogP contribution < -0.4 is 5.32 Å². The Kier molecular flexibility index (Phi) is 7.74. The van der Waals surface area contributed by atoms with Crippen molar-refractivity contribution >= 4 is 29.3 Å². The van der Waals surface area contributed by atoms with Gasteiger partial charge in [0.05, 0.1) is 10.6 Å². The third-order valence-electron chi connectivity index (χ3n) is 4.31. The number of unbranched alkanes of at least 4 members (excludes halogenated alkanes) is 1. The smallest absolute Gasteiger partial charge is 0.254 e. The van der Waals surface area contributed by atoms with Gasteiger partial charge in [0.2, 0.25) is 0 Å². The maximum atomic E-state index is 12.0. The molecule has 0 unspecified atom stereocenters. The van der Waals surface area contributed by atoms with Gasteiger partial charge in [-0.1, -0.05) is 24.4 Å². The van der Waals surface area contributed by atoms with E-state index >= 15 is 0 Å². The molecule has 128 valence electrons. The van der Waals surface area contributed by atoms with Gasteiger partial charge in [-0.3, -0.25) is 4.79 Å². The number of rotatable bonds is 7. The first kappa shape index (κ1) is 18.6. The molecular weight excluding hydrogens is 328 g/mol. The van der Waals surface area contributed by atoms with Crippen molar-refractivity contribution in [3.8, 4) is 0 Å². The zero-order valence-electron chi connectivity index (χ0n) is 14.1. The molecule has 1 aromatic rings. The fourth-order valence-corrected chi connectivity index (χ4v) is 4.17. The summed E-state index contributed by atoms with van der Waals surface area (Å²) in [4.78, 5) is 14.7. The van der Waals surface area contributed by atoms with Crippen LogP contribution in [0.5, 0.6) is 0 Å². The summed E-state index contributed by atoms with van der Waals surface area (Å²) in [5, 5.41) is 3.96. The summed E-state index contributed by atoms with van der Waals surface area (Å²) >= 11 is 8.07. The first-order valence-electron chi connectivity index (χ1n) is 8.42. The van der Waals surface area contributed by atoms with E-state index in [1.807, 2.05) is 30.0 Å². The van der Waals surface area contributed by atoms with Crippen molar-refractivity contribution in [1.29, 1.82) is 0 Å². The quantitative estimate of drug-likeness (QED) is 0.585. The Morgan fingerprint density at radius 1 is 1.30 bits per heavy atom. The summed E-state index contributed by atoms with van der Waals surface area (Å²) in [5.74, 6) is 1.99. The Hall–Kier alpha value is -0.710. The van der Waals surface area contributed by atoms with Gasteiger partial charge in [0.25, 0.3) is 5.91 Å². The molecule has 0 spiro atoms. The van der Waals surface area contributed by atoms with Gasteiger partial charge in [-0.05, 0) is 62.2 Å². The summed E-state index contributed by atoms with van der Waals surface area (Å²) < 4.78 is 0. The van der Waals surface area contributed by atoms with Crippen molar-refractivity contribution in [1.82, 2.24) is 10.2 Å². The van der Waals surface area contributed by atoms with E-state index in [1.165, 1.54) is 45.2 Å². The van der Waals surface area contributed by atoms with Crippen molar-refractivity contribution in [3.63, 3.8) is 0 Å². The minimum Gasteiger partial charge on any atom is -0.345 e. The van der Waals surface area contributed by atoms with Crippen LogP contribution in [0.25, 0.3) is 0 Å². The summed E-state index contributed by atoms with van der Waals surface area (Å²) in [6, 6.07) is 5.75. The average molecular weight is 355 g/mol. The highest BCUT2D eigenvalue weighted by Gasteiger charge is 2.13. The molecule has 3 nitrogen and oxygen atoms in total. The predicted molar refractivity (Wildman–Crippen MR) is 99.6 cm³/mol. The van der Waals surface area contributed by atoms with Crippen LogP contribution in [0.4, 0.5) is 0 Å². The van der Waals surface area contributed by atoms with Gasteiger partial charge in [0.1, 0.15) is 0 Å². The van der Waals surface area contributed by atoms with Gasteiger partial charge in [-0.15, -0.1) is 11.8 Å². The lowest BCUT2D eigenvalue weighted by Crippen LogP contribution is -2.27. The largest absolute Gasteiger partial charge is 0.345 e. The normalized spacial score (nSPS) is 15.6. The number of carbonyl (C=O) groups excluding carboxylic acids is 1. The van der Waals surface area contributed by atoms with Crippen LogP contribution in [-0.4, -0.2) is 43.7 Å². The third-order valence-corrected chi connectivity index (χ3v) is 5.70. The van der Waals surface area contributed by atoms with Crippen LogP contribution in [0.1, 0.15) is 42.5 Å². The molecular formula is C18H27ClN2OS. The topological polar surface area (TPSA) is 32.3 Å². The summed E-state index contributed by atoms with van der Waals surface area (Å²) in [6.45, 7) is 2.38. The van der Waals surface area contributed by atoms with Crippen molar-refractivity contribution in [2.75, 3.05) is 32.9 Å². The molecule has 23 heavy (non-hydrogen) atoms. The van der Waals surface area contributed by atoms with E-state index in [0.29, 0.717) is 10.6 Å². The van der Waals surface area contributed by atoms with Gasteiger partial charge in [0, 0.05) is 19.0 Å². The third kappa shape index (κ3) is 6.02. The van der Waals surface area contributed by atoms with E-state index in [2.05, 4.69) is 5.32 Å². The molecule has 1 amide bonds. The SMILES string of the molecule is CN(C)C(=O)c1ccc(SCCCCC2CCNCC2)cc1Cl. The van der Waals surface area contributed by atoms with Gasteiger partial charge < -0.3 is 10.2 Å². The second kappa shape index (κ2) is 9.55. The van der Waals surface area contributed by atoms with E-state index < -0.39 is 0 Å². The second-order valence-corrected chi connectivity index (χ2v) is 7.95. The van der Waals surface area contributed by atoms with Crippen LogP contribution >= 0.6 is 23.4 Å². The molecule has 0 aliphatic carbocycles. The number of thioether (sulfide) groups is 1. The molecule has 0 atom stereocenters. The number of piperidine rings is 1. The first-order chi connectivity index (χ1) is 11.1. The molecule has 1 aromatic carbocycles. The Labute approximate surface area is 149 Å². The number of carbonyl (C=O) groups is 1. The van der Waals surface area contributed by atoms with Gasteiger partial charge in [0.15, 0.2) is 0 Å². The maximum Gasteiger partial charge on any atom is 0.254 e. The summed E-state index contributed by atoms with van der Waals surface area (Å²) in [7, 11) is 3.48. The summed E-state index contributed by atoms with van der Waals surface area (Å²) in [5.41, 5.74) is 0.576. The van der Waals surface area contributed by atoms with Crippen LogP contribution in [0.3, 0.4) is 0 Å². The molecule has 0 saturated carbocycles. The number of benzene rings is 1. The highest BCUT2D eigenvalue weighted by molar-refractivity contribution is 7.99. The lowest BCUT2D eigenvalue weighted by atomic mass is 9.93. The fourth-order valence-electron chi connectivity index (χ4n) is 2.90. The number of nitrogens with one attached hydrogen (secondary N) is 1. The van der Waals surface area contributed by atoms with Crippen molar-refractivity contribution in [3.05, 3.63) is 28.8 Å². The molecule has 1 aliphatic rings. The van der Waals surface area contributed by atoms with Crippen molar-refractivity contribution < 1.29 is 4.79 Å². The summed E-state index contributed by atoms with van der Waals surface area (Å²) in [6.07, 6.45) is 6.58. The predicted octanol–water partition coefficient (Wildman–Crippen LogP) is 4.30. The van der Waals surface area contributed by atoms with E-state index in [4.69, 9.17) is 11.6 Å². The van der Waals surface area contributed by atoms with Gasteiger partial charge >= 0.3 is 0 Å². The highest BCUT2D eigenvalue weighted by Crippen LogP contribution is 2.27. The highest BCUT2D eigenvalue weighted by atomic mass is 35.5. The van der Waals surface area contributed by atoms with E-state index in [0.717, 1.165) is 16.6 Å². The Morgan fingerprint density at radius 3 is 2.70 bits per heavy atom. The van der Waals surface area contributed by atoms with Gasteiger partial charge in [-0.2, -0.15) is 0 Å². The van der Waals surface area contributed by atoms with E-state index in [9.17, 15) is 4.79 Å². The van der Waals surface area contributed by atoms with Gasteiger partial charge in [-0.25, -0.2) is 0 Å². The van der Waals surface area contributed by atoms with Crippen LogP contribution in [-0.2, 0) is 0 Å². The Bertz CT molecular complexity index is 516. The lowest BCUT2D eigenvalue weighted by molar-refractivity contribution is 0.0827. The first-order valence-corrected chi connectivity index (χ1v) is 9.79. The monoisotopic (exact) mass is 354 g/mol. The molecule has 1 fully saturated rings. The second-order valence-electron chi connectivity index (χ2n) is 6.38. The number of nitrogens with zero attached hydrogens (tertiary/aromatic N) is 1. The zero-order chi connectivity index (χ0) is 16.7. The van der Waals surface area contributed by atoms with Crippen molar-refractivity contribution in [2.24, 2.45) is 5.92 Å². The zero-order valence-corrected chi connectivity index (χ0v) is 15.7. The van der Waals surface area contributed by atoms with E-state index in [-0.39, 0.29) is 5.91 Å². The van der Waals surface area contributed by atoms with Crippen LogP contribution in [0.2, 0.25) is 5.02 Å². The van der Waals surface area contributed by atoms with Crippen LogP contribution in [0, 0.1) is 5.92 Å². The molecule has 0 aromatic heterocycles. The number of hydrogen-bond donors (Lipinski definition) is 1. The molecule has 2 rings (SSSR count). The van der Waals surface area contributed by atoms with Crippen molar-refractivity contribution in [2.45, 2.75) is 37.0 Å². The average Bonchev–Trinajstić information content (AvgIpc) is 2.55. The minimum absolute atomic E-state index is 0.0477. The molecule has 1 saturated heterocycles. The Balaban J connectivity index is 1.71. The van der Waals surface area contributed by atoms with Crippen LogP contribution in [0.15, 0.2) is 23.1 Å². The molecule has 0 bridgehead atoms. The fraction of sp³-hybridized carbons (Fsp3) is 0.611. The number of hydrogen-bond acceptors (Lipinski definition) is 3. The molecule has 1 aliphatic heterocycles. The number of amides is 1. The Morgan fingerprint density at radius 2 is 2.04 bits per heavy atom. The molecule has 1 N–H and O–H groups in total. The minimum atomic E-state index is -0.0477. The lowest BCUT2D eigenvalue weighted by Gasteiger charge is -2.22. The maximum absolute atomic E-state index is 12.0. The molecule has 1 heterocycles.